The molecule has 0 unspecified atom stereocenters. The van der Waals surface area contributed by atoms with Crippen LogP contribution >= 0.6 is 0 Å². The Labute approximate surface area is 178 Å². The van der Waals surface area contributed by atoms with Crippen LogP contribution in [0, 0.1) is 5.92 Å². The summed E-state index contributed by atoms with van der Waals surface area (Å²) in [5.41, 5.74) is 7.18. The van der Waals surface area contributed by atoms with Crippen LogP contribution in [0.1, 0.15) is 42.0 Å². The van der Waals surface area contributed by atoms with Crippen LogP contribution in [0.3, 0.4) is 0 Å². The van der Waals surface area contributed by atoms with E-state index in [1.807, 2.05) is 49.2 Å². The number of nitrogens with zero attached hydrogens (tertiary/aromatic N) is 3. The van der Waals surface area contributed by atoms with Gasteiger partial charge in [-0.05, 0) is 59.2 Å². The SMILES string of the molecule is CC(C)Cc1ccc(-c2ncccc2CC(c2cccnc2)c2cccnc2)cc1. The van der Waals surface area contributed by atoms with Crippen molar-refractivity contribution in [3.8, 4) is 11.3 Å². The molecule has 0 fully saturated rings. The molecule has 3 nitrogen and oxygen atoms in total. The second kappa shape index (κ2) is 9.45. The van der Waals surface area contributed by atoms with Crippen LogP contribution in [-0.2, 0) is 12.8 Å². The highest BCUT2D eigenvalue weighted by molar-refractivity contribution is 5.63. The molecule has 0 aliphatic carbocycles. The van der Waals surface area contributed by atoms with Crippen LogP contribution in [0.2, 0.25) is 0 Å². The summed E-state index contributed by atoms with van der Waals surface area (Å²) in [6, 6.07) is 21.3. The van der Waals surface area contributed by atoms with Crippen molar-refractivity contribution in [2.45, 2.75) is 32.6 Å². The monoisotopic (exact) mass is 393 g/mol. The summed E-state index contributed by atoms with van der Waals surface area (Å²) in [7, 11) is 0. The minimum absolute atomic E-state index is 0.176. The maximum Gasteiger partial charge on any atom is 0.0734 e. The Bertz CT molecular complexity index is 1020. The van der Waals surface area contributed by atoms with Gasteiger partial charge in [0.05, 0.1) is 5.69 Å². The molecule has 0 radical (unpaired) electrons. The van der Waals surface area contributed by atoms with E-state index in [9.17, 15) is 0 Å². The second-order valence-electron chi connectivity index (χ2n) is 8.14. The fourth-order valence-electron chi connectivity index (χ4n) is 3.95. The van der Waals surface area contributed by atoms with E-state index in [0.29, 0.717) is 5.92 Å². The van der Waals surface area contributed by atoms with Crippen LogP contribution in [0.5, 0.6) is 0 Å². The normalized spacial score (nSPS) is 11.2. The summed E-state index contributed by atoms with van der Waals surface area (Å²) in [5, 5.41) is 0. The van der Waals surface area contributed by atoms with E-state index in [1.54, 1.807) is 0 Å². The zero-order chi connectivity index (χ0) is 20.8. The molecule has 0 saturated carbocycles. The summed E-state index contributed by atoms with van der Waals surface area (Å²) in [5.74, 6) is 0.830. The van der Waals surface area contributed by atoms with Crippen molar-refractivity contribution in [1.82, 2.24) is 15.0 Å². The van der Waals surface area contributed by atoms with E-state index >= 15 is 0 Å². The fraction of sp³-hybridized carbons (Fsp3) is 0.222. The van der Waals surface area contributed by atoms with Crippen molar-refractivity contribution >= 4 is 0 Å². The standard InChI is InChI=1S/C27H27N3/c1-20(2)16-21-9-11-22(12-10-21)27-23(6-5-15-30-27)17-26(24-7-3-13-28-18-24)25-8-4-14-29-19-25/h3-15,18-20,26H,16-17H2,1-2H3. The first-order chi connectivity index (χ1) is 14.7. The summed E-state index contributed by atoms with van der Waals surface area (Å²) in [6.45, 7) is 4.50. The van der Waals surface area contributed by atoms with Crippen LogP contribution in [0.15, 0.2) is 91.6 Å². The van der Waals surface area contributed by atoms with Gasteiger partial charge in [-0.1, -0.05) is 56.3 Å². The number of hydrogen-bond donors (Lipinski definition) is 0. The third-order valence-corrected chi connectivity index (χ3v) is 5.36. The molecule has 3 heteroatoms. The van der Waals surface area contributed by atoms with E-state index in [-0.39, 0.29) is 5.92 Å². The quantitative estimate of drug-likeness (QED) is 0.380. The second-order valence-corrected chi connectivity index (χ2v) is 8.14. The van der Waals surface area contributed by atoms with Crippen molar-refractivity contribution in [2.75, 3.05) is 0 Å². The molecule has 0 atom stereocenters. The molecule has 4 aromatic rings. The minimum atomic E-state index is 0.176. The highest BCUT2D eigenvalue weighted by atomic mass is 14.7. The molecule has 0 bridgehead atoms. The Morgan fingerprint density at radius 1 is 0.700 bits per heavy atom. The van der Waals surface area contributed by atoms with Crippen LogP contribution in [0.4, 0.5) is 0 Å². The molecule has 150 valence electrons. The molecule has 0 spiro atoms. The molecule has 0 aliphatic rings. The number of aromatic nitrogens is 3. The molecule has 0 N–H and O–H groups in total. The Balaban J connectivity index is 1.68. The predicted octanol–water partition coefficient (Wildman–Crippen LogP) is 6.11. The zero-order valence-corrected chi connectivity index (χ0v) is 17.6. The largest absolute Gasteiger partial charge is 0.264 e. The molecular weight excluding hydrogens is 366 g/mol. The Hall–Kier alpha value is -3.33. The summed E-state index contributed by atoms with van der Waals surface area (Å²) in [4.78, 5) is 13.4. The molecule has 30 heavy (non-hydrogen) atoms. The number of pyridine rings is 3. The Kier molecular flexibility index (Phi) is 6.29. The Morgan fingerprint density at radius 2 is 1.33 bits per heavy atom. The van der Waals surface area contributed by atoms with Gasteiger partial charge in [-0.15, -0.1) is 0 Å². The highest BCUT2D eigenvalue weighted by Gasteiger charge is 2.18. The van der Waals surface area contributed by atoms with Gasteiger partial charge in [0.1, 0.15) is 0 Å². The van der Waals surface area contributed by atoms with E-state index in [0.717, 1.165) is 24.1 Å². The lowest BCUT2D eigenvalue weighted by Gasteiger charge is -2.19. The van der Waals surface area contributed by atoms with Gasteiger partial charge in [0, 0.05) is 42.5 Å². The van der Waals surface area contributed by atoms with Crippen LogP contribution in [0.25, 0.3) is 11.3 Å². The molecule has 0 amide bonds. The smallest absolute Gasteiger partial charge is 0.0734 e. The van der Waals surface area contributed by atoms with Crippen molar-refractivity contribution in [2.24, 2.45) is 5.92 Å². The number of hydrogen-bond acceptors (Lipinski definition) is 3. The van der Waals surface area contributed by atoms with Gasteiger partial charge in [0.2, 0.25) is 0 Å². The molecule has 4 rings (SSSR count). The van der Waals surface area contributed by atoms with E-state index < -0.39 is 0 Å². The molecular formula is C27H27N3. The van der Waals surface area contributed by atoms with Crippen molar-refractivity contribution in [3.63, 3.8) is 0 Å². The van der Waals surface area contributed by atoms with Gasteiger partial charge in [-0.3, -0.25) is 15.0 Å². The van der Waals surface area contributed by atoms with E-state index in [4.69, 9.17) is 4.98 Å². The molecule has 0 saturated heterocycles. The molecule has 3 heterocycles. The van der Waals surface area contributed by atoms with Crippen molar-refractivity contribution in [3.05, 3.63) is 114 Å². The van der Waals surface area contributed by atoms with Gasteiger partial charge in [-0.2, -0.15) is 0 Å². The average molecular weight is 394 g/mol. The van der Waals surface area contributed by atoms with E-state index in [2.05, 4.69) is 66.3 Å². The average Bonchev–Trinajstić information content (AvgIpc) is 2.79. The first-order valence-electron chi connectivity index (χ1n) is 10.5. The van der Waals surface area contributed by atoms with Crippen LogP contribution < -0.4 is 0 Å². The molecule has 0 aliphatic heterocycles. The fourth-order valence-corrected chi connectivity index (χ4v) is 3.95. The lowest BCUT2D eigenvalue weighted by Crippen LogP contribution is -2.07. The topological polar surface area (TPSA) is 38.7 Å². The van der Waals surface area contributed by atoms with E-state index in [1.165, 1.54) is 22.3 Å². The van der Waals surface area contributed by atoms with Crippen LogP contribution in [-0.4, -0.2) is 15.0 Å². The lowest BCUT2D eigenvalue weighted by atomic mass is 9.86. The summed E-state index contributed by atoms with van der Waals surface area (Å²) >= 11 is 0. The first-order valence-corrected chi connectivity index (χ1v) is 10.5. The van der Waals surface area contributed by atoms with Gasteiger partial charge >= 0.3 is 0 Å². The minimum Gasteiger partial charge on any atom is -0.264 e. The lowest BCUT2D eigenvalue weighted by molar-refractivity contribution is 0.647. The van der Waals surface area contributed by atoms with Gasteiger partial charge in [0.25, 0.3) is 0 Å². The van der Waals surface area contributed by atoms with Gasteiger partial charge in [-0.25, -0.2) is 0 Å². The number of benzene rings is 1. The third-order valence-electron chi connectivity index (χ3n) is 5.36. The maximum atomic E-state index is 4.75. The van der Waals surface area contributed by atoms with Gasteiger partial charge in [0.15, 0.2) is 0 Å². The highest BCUT2D eigenvalue weighted by Crippen LogP contribution is 2.31. The van der Waals surface area contributed by atoms with Gasteiger partial charge < -0.3 is 0 Å². The summed E-state index contributed by atoms with van der Waals surface area (Å²) in [6.07, 6.45) is 11.4. The molecule has 3 aromatic heterocycles. The van der Waals surface area contributed by atoms with Crippen molar-refractivity contribution < 1.29 is 0 Å². The van der Waals surface area contributed by atoms with Crippen molar-refractivity contribution in [1.29, 1.82) is 0 Å². The maximum absolute atomic E-state index is 4.75. The third kappa shape index (κ3) is 4.80. The zero-order valence-electron chi connectivity index (χ0n) is 17.6. The molecule has 1 aromatic carbocycles. The number of rotatable bonds is 7. The first kappa shape index (κ1) is 20.0. The summed E-state index contributed by atoms with van der Waals surface area (Å²) < 4.78 is 0. The predicted molar refractivity (Wildman–Crippen MR) is 122 cm³/mol. The Morgan fingerprint density at radius 3 is 1.90 bits per heavy atom.